The Balaban J connectivity index is 1.83. The molecule has 28 heavy (non-hydrogen) atoms. The molecule has 1 aliphatic rings. The number of sulfonamides is 1. The van der Waals surface area contributed by atoms with Crippen molar-refractivity contribution < 1.29 is 8.42 Å². The van der Waals surface area contributed by atoms with Crippen LogP contribution in [0.2, 0.25) is 0 Å². The molecule has 1 fully saturated rings. The molecule has 2 aromatic rings. The molecule has 0 aliphatic carbocycles. The van der Waals surface area contributed by atoms with E-state index in [4.69, 9.17) is 16.4 Å². The molecule has 2 aromatic heterocycles. The van der Waals surface area contributed by atoms with Crippen LogP contribution in [0.15, 0.2) is 52.2 Å². The molecule has 1 saturated heterocycles. The minimum absolute atomic E-state index is 0.0202. The summed E-state index contributed by atoms with van der Waals surface area (Å²) in [6.45, 7) is 1.42. The Bertz CT molecular complexity index is 970. The van der Waals surface area contributed by atoms with Crippen LogP contribution in [-0.2, 0) is 16.4 Å². The zero-order chi connectivity index (χ0) is 20.1. The van der Waals surface area contributed by atoms with Crippen molar-refractivity contribution in [2.75, 3.05) is 18.0 Å². The number of primary sulfonamides is 1. The third kappa shape index (κ3) is 4.49. The van der Waals surface area contributed by atoms with Crippen molar-refractivity contribution in [1.29, 1.82) is 5.41 Å². The van der Waals surface area contributed by atoms with Crippen LogP contribution in [0.25, 0.3) is 0 Å². The number of hydrogen-bond donors (Lipinski definition) is 3. The minimum atomic E-state index is -4.14. The first-order valence-corrected chi connectivity index (χ1v) is 10.3. The predicted octanol–water partition coefficient (Wildman–Crippen LogP) is 1.23. The van der Waals surface area contributed by atoms with E-state index in [1.807, 2.05) is 17.0 Å². The Morgan fingerprint density at radius 3 is 2.50 bits per heavy atom. The summed E-state index contributed by atoms with van der Waals surface area (Å²) in [6.07, 6.45) is 7.79. The second-order valence-corrected chi connectivity index (χ2v) is 8.09. The maximum absolute atomic E-state index is 11.9. The van der Waals surface area contributed by atoms with E-state index in [0.717, 1.165) is 19.3 Å². The number of pyridine rings is 2. The number of rotatable bonds is 5. The first-order chi connectivity index (χ1) is 13.4. The maximum atomic E-state index is 11.9. The molecule has 11 heteroatoms. The molecule has 3 heterocycles. The van der Waals surface area contributed by atoms with Gasteiger partial charge >= 0.3 is 0 Å². The fraction of sp³-hybridized carbons (Fsp3) is 0.353. The van der Waals surface area contributed by atoms with Crippen LogP contribution in [-0.4, -0.2) is 37.3 Å². The molecule has 0 aromatic carbocycles. The van der Waals surface area contributed by atoms with Gasteiger partial charge in [-0.15, -0.1) is 5.11 Å². The lowest BCUT2D eigenvalue weighted by atomic mass is 9.90. The molecule has 3 rings (SSSR count). The smallest absolute Gasteiger partial charge is 0.256 e. The summed E-state index contributed by atoms with van der Waals surface area (Å²) in [5, 5.41) is 19.5. The standard InChI is InChI=1S/C17H22N8O2S/c18-16(23-24-19)15-14(3-8-22-17(15)28(20,26)27)25-9-4-13(5-10-25)11-12-1-6-21-7-2-12/h1-3,6-8,13H,4-5,9-11H2,(H3,18,19,23)(H2,20,26,27). The lowest BCUT2D eigenvalue weighted by Crippen LogP contribution is -2.36. The zero-order valence-corrected chi connectivity index (χ0v) is 16.0. The number of anilines is 1. The van der Waals surface area contributed by atoms with Gasteiger partial charge in [0.25, 0.3) is 10.0 Å². The van der Waals surface area contributed by atoms with E-state index in [2.05, 4.69) is 20.3 Å². The molecule has 0 bridgehead atoms. The van der Waals surface area contributed by atoms with Crippen molar-refractivity contribution >= 4 is 21.5 Å². The summed E-state index contributed by atoms with van der Waals surface area (Å²) in [5.41, 5.74) is 1.81. The molecule has 0 atom stereocenters. The van der Waals surface area contributed by atoms with Gasteiger partial charge in [-0.05, 0) is 48.9 Å². The van der Waals surface area contributed by atoms with E-state index < -0.39 is 20.9 Å². The van der Waals surface area contributed by atoms with Crippen LogP contribution in [0, 0.1) is 11.3 Å². The predicted molar refractivity (Wildman–Crippen MR) is 104 cm³/mol. The van der Waals surface area contributed by atoms with Crippen molar-refractivity contribution in [2.24, 2.45) is 27.2 Å². The van der Waals surface area contributed by atoms with Gasteiger partial charge in [0.15, 0.2) is 10.9 Å². The van der Waals surface area contributed by atoms with Gasteiger partial charge in [0, 0.05) is 31.7 Å². The number of piperidine rings is 1. The van der Waals surface area contributed by atoms with Gasteiger partial charge in [-0.25, -0.2) is 18.5 Å². The summed E-state index contributed by atoms with van der Waals surface area (Å²) in [7, 11) is -4.14. The third-order valence-electron chi connectivity index (χ3n) is 4.79. The Morgan fingerprint density at radius 2 is 1.89 bits per heavy atom. The summed E-state index contributed by atoms with van der Waals surface area (Å²) in [5.74, 6) is 5.17. The van der Waals surface area contributed by atoms with Crippen LogP contribution >= 0.6 is 0 Å². The van der Waals surface area contributed by atoms with Crippen molar-refractivity contribution in [3.8, 4) is 0 Å². The monoisotopic (exact) mass is 402 g/mol. The van der Waals surface area contributed by atoms with Gasteiger partial charge in [-0.3, -0.25) is 10.4 Å². The van der Waals surface area contributed by atoms with Crippen LogP contribution < -0.4 is 15.9 Å². The number of nitrogens with one attached hydrogen (secondary N) is 1. The highest BCUT2D eigenvalue weighted by Gasteiger charge is 2.27. The molecule has 0 radical (unpaired) electrons. The van der Waals surface area contributed by atoms with Crippen molar-refractivity contribution in [2.45, 2.75) is 24.3 Å². The average Bonchev–Trinajstić information content (AvgIpc) is 2.68. The van der Waals surface area contributed by atoms with Crippen molar-refractivity contribution in [1.82, 2.24) is 9.97 Å². The van der Waals surface area contributed by atoms with Gasteiger partial charge in [0.05, 0.1) is 11.3 Å². The van der Waals surface area contributed by atoms with Gasteiger partial charge < -0.3 is 10.7 Å². The summed E-state index contributed by atoms with van der Waals surface area (Å²) >= 11 is 0. The SMILES string of the molecule is N=C(N=NN)c1c(N2CCC(Cc3ccncc3)CC2)ccnc1S(N)(=O)=O. The van der Waals surface area contributed by atoms with Crippen molar-refractivity contribution in [3.63, 3.8) is 0 Å². The van der Waals surface area contributed by atoms with Gasteiger partial charge in [-0.2, -0.15) is 0 Å². The highest BCUT2D eigenvalue weighted by molar-refractivity contribution is 7.89. The molecule has 148 valence electrons. The third-order valence-corrected chi connectivity index (χ3v) is 5.64. The van der Waals surface area contributed by atoms with Crippen LogP contribution in [0.1, 0.15) is 24.0 Å². The fourth-order valence-electron chi connectivity index (χ4n) is 3.47. The average molecular weight is 402 g/mol. The van der Waals surface area contributed by atoms with Gasteiger partial charge in [0.1, 0.15) is 0 Å². The van der Waals surface area contributed by atoms with Crippen LogP contribution in [0.3, 0.4) is 0 Å². The quantitative estimate of drug-likeness (QED) is 0.224. The van der Waals surface area contributed by atoms with Crippen LogP contribution in [0.5, 0.6) is 0 Å². The van der Waals surface area contributed by atoms with E-state index in [1.165, 1.54) is 11.8 Å². The Kier molecular flexibility index (Phi) is 5.95. The molecule has 0 saturated carbocycles. The van der Waals surface area contributed by atoms with E-state index in [-0.39, 0.29) is 5.56 Å². The minimum Gasteiger partial charge on any atom is -0.371 e. The number of aromatic nitrogens is 2. The summed E-state index contributed by atoms with van der Waals surface area (Å²) in [6, 6.07) is 5.70. The first-order valence-electron chi connectivity index (χ1n) is 8.75. The number of nitrogens with zero attached hydrogens (tertiary/aromatic N) is 5. The van der Waals surface area contributed by atoms with Gasteiger partial charge in [-0.1, -0.05) is 5.22 Å². The van der Waals surface area contributed by atoms with E-state index in [0.29, 0.717) is 24.7 Å². The molecule has 0 amide bonds. The summed E-state index contributed by atoms with van der Waals surface area (Å²) < 4.78 is 23.9. The van der Waals surface area contributed by atoms with E-state index >= 15 is 0 Å². The zero-order valence-electron chi connectivity index (χ0n) is 15.2. The Labute approximate surface area is 163 Å². The number of hydrogen-bond acceptors (Lipinski definition) is 7. The Hall–Kier alpha value is -2.92. The summed E-state index contributed by atoms with van der Waals surface area (Å²) in [4.78, 5) is 9.91. The number of amidine groups is 1. The lowest BCUT2D eigenvalue weighted by Gasteiger charge is -2.34. The molecular formula is C17H22N8O2S. The first kappa shape index (κ1) is 19.8. The molecule has 0 spiro atoms. The second-order valence-electron chi connectivity index (χ2n) is 6.61. The largest absolute Gasteiger partial charge is 0.371 e. The normalized spacial score (nSPS) is 15.8. The Morgan fingerprint density at radius 1 is 1.21 bits per heavy atom. The number of nitrogens with two attached hydrogens (primary N) is 2. The van der Waals surface area contributed by atoms with Crippen molar-refractivity contribution in [3.05, 3.63) is 47.9 Å². The molecule has 5 N–H and O–H groups in total. The maximum Gasteiger partial charge on any atom is 0.256 e. The van der Waals surface area contributed by atoms with Gasteiger partial charge in [0.2, 0.25) is 0 Å². The topological polar surface area (TPSA) is 164 Å². The van der Waals surface area contributed by atoms with E-state index in [1.54, 1.807) is 18.5 Å². The molecule has 0 unspecified atom stereocenters. The molecule has 10 nitrogen and oxygen atoms in total. The molecule has 1 aliphatic heterocycles. The van der Waals surface area contributed by atoms with Crippen LogP contribution in [0.4, 0.5) is 5.69 Å². The highest BCUT2D eigenvalue weighted by atomic mass is 32.2. The molecular weight excluding hydrogens is 380 g/mol. The second kappa shape index (κ2) is 8.40. The highest BCUT2D eigenvalue weighted by Crippen LogP contribution is 2.30. The van der Waals surface area contributed by atoms with E-state index in [9.17, 15) is 8.42 Å². The fourth-order valence-corrected chi connectivity index (χ4v) is 4.17. The lowest BCUT2D eigenvalue weighted by molar-refractivity contribution is 0.403.